The predicted molar refractivity (Wildman–Crippen MR) is 129 cm³/mol. The summed E-state index contributed by atoms with van der Waals surface area (Å²) >= 11 is 2.75. The normalized spacial score (nSPS) is 11.3. The van der Waals surface area contributed by atoms with Gasteiger partial charge in [-0.1, -0.05) is 59.8 Å². The Balaban J connectivity index is 1.22. The largest absolute Gasteiger partial charge is 0.327 e. The van der Waals surface area contributed by atoms with Crippen molar-refractivity contribution in [3.05, 3.63) is 70.7 Å². The number of thioether (sulfide) groups is 1. The zero-order chi connectivity index (χ0) is 22.1. The van der Waals surface area contributed by atoms with Gasteiger partial charge in [0.2, 0.25) is 11.1 Å². The third-order valence-electron chi connectivity index (χ3n) is 5.12. The van der Waals surface area contributed by atoms with Crippen molar-refractivity contribution < 1.29 is 4.79 Å². The molecular formula is C23H20N6OS2. The number of rotatable bonds is 6. The summed E-state index contributed by atoms with van der Waals surface area (Å²) in [6, 6.07) is 16.4. The second-order valence-electron chi connectivity index (χ2n) is 7.47. The van der Waals surface area contributed by atoms with Crippen molar-refractivity contribution in [2.45, 2.75) is 18.5 Å². The molecule has 0 aliphatic carbocycles. The van der Waals surface area contributed by atoms with Crippen molar-refractivity contribution in [3.8, 4) is 0 Å². The zero-order valence-corrected chi connectivity index (χ0v) is 19.2. The number of amides is 1. The van der Waals surface area contributed by atoms with Gasteiger partial charge in [-0.2, -0.15) is 0 Å². The van der Waals surface area contributed by atoms with E-state index in [0.29, 0.717) is 10.3 Å². The molecule has 0 fully saturated rings. The highest BCUT2D eigenvalue weighted by Gasteiger charge is 2.14. The van der Waals surface area contributed by atoms with Crippen LogP contribution in [-0.2, 0) is 18.3 Å². The molecule has 7 nitrogen and oxygen atoms in total. The maximum atomic E-state index is 12.4. The van der Waals surface area contributed by atoms with E-state index in [4.69, 9.17) is 0 Å². The summed E-state index contributed by atoms with van der Waals surface area (Å²) in [4.78, 5) is 22.5. The molecule has 0 aliphatic rings. The molecule has 0 atom stereocenters. The Hall–Kier alpha value is -3.30. The summed E-state index contributed by atoms with van der Waals surface area (Å²) in [5.74, 6) is 0.0382. The van der Waals surface area contributed by atoms with Gasteiger partial charge in [-0.3, -0.25) is 4.79 Å². The van der Waals surface area contributed by atoms with E-state index >= 15 is 0 Å². The number of thiazole rings is 1. The quantitative estimate of drug-likeness (QED) is 0.373. The number of fused-ring (bicyclic) bond motifs is 3. The molecule has 0 spiro atoms. The number of carbonyl (C=O) groups excluding carboxylic acids is 1. The van der Waals surface area contributed by atoms with Crippen LogP contribution in [0.2, 0.25) is 0 Å². The summed E-state index contributed by atoms with van der Waals surface area (Å²) in [5.41, 5.74) is 5.03. The van der Waals surface area contributed by atoms with Crippen LogP contribution in [0.5, 0.6) is 0 Å². The molecule has 2 aromatic carbocycles. The van der Waals surface area contributed by atoms with Gasteiger partial charge in [0.05, 0.1) is 11.3 Å². The van der Waals surface area contributed by atoms with Crippen LogP contribution in [0.3, 0.4) is 0 Å². The lowest BCUT2D eigenvalue weighted by Crippen LogP contribution is -2.14. The Kier molecular flexibility index (Phi) is 5.59. The first-order chi connectivity index (χ1) is 15.6. The van der Waals surface area contributed by atoms with Crippen molar-refractivity contribution in [3.63, 3.8) is 0 Å². The van der Waals surface area contributed by atoms with E-state index < -0.39 is 0 Å². The number of aryl methyl sites for hydroxylation is 2. The minimum atomic E-state index is -0.146. The number of nitrogens with one attached hydrogen (secondary N) is 1. The van der Waals surface area contributed by atoms with Crippen molar-refractivity contribution >= 4 is 56.2 Å². The fourth-order valence-electron chi connectivity index (χ4n) is 3.49. The lowest BCUT2D eigenvalue weighted by Gasteiger charge is -2.02. The highest BCUT2D eigenvalue weighted by atomic mass is 32.2. The molecule has 32 heavy (non-hydrogen) atoms. The molecule has 0 unspecified atom stereocenters. The Labute approximate surface area is 192 Å². The van der Waals surface area contributed by atoms with Crippen molar-refractivity contribution in [2.75, 3.05) is 11.1 Å². The van der Waals surface area contributed by atoms with Crippen LogP contribution in [0.1, 0.15) is 16.0 Å². The lowest BCUT2D eigenvalue weighted by atomic mass is 10.1. The van der Waals surface area contributed by atoms with Gasteiger partial charge in [-0.25, -0.2) is 9.97 Å². The average molecular weight is 461 g/mol. The van der Waals surface area contributed by atoms with E-state index in [-0.39, 0.29) is 11.7 Å². The summed E-state index contributed by atoms with van der Waals surface area (Å²) in [6.07, 6.45) is 2.61. The van der Waals surface area contributed by atoms with Crippen molar-refractivity contribution in [1.29, 1.82) is 0 Å². The van der Waals surface area contributed by atoms with E-state index in [1.54, 1.807) is 0 Å². The molecule has 0 aliphatic heterocycles. The van der Waals surface area contributed by atoms with Gasteiger partial charge in [0.1, 0.15) is 5.52 Å². The molecule has 3 aromatic heterocycles. The van der Waals surface area contributed by atoms with E-state index in [1.807, 2.05) is 42.1 Å². The number of benzene rings is 2. The molecule has 0 saturated heterocycles. The smallest absolute Gasteiger partial charge is 0.236 e. The minimum absolute atomic E-state index is 0.146. The van der Waals surface area contributed by atoms with E-state index in [9.17, 15) is 4.79 Å². The molecule has 3 heterocycles. The third-order valence-corrected chi connectivity index (χ3v) is 6.87. The zero-order valence-electron chi connectivity index (χ0n) is 17.6. The maximum Gasteiger partial charge on any atom is 0.236 e. The first-order valence-electron chi connectivity index (χ1n) is 10.1. The molecule has 0 radical (unpaired) electrons. The van der Waals surface area contributed by atoms with Gasteiger partial charge in [-0.15, -0.1) is 21.5 Å². The van der Waals surface area contributed by atoms with Gasteiger partial charge in [-0.05, 0) is 18.6 Å². The third kappa shape index (κ3) is 4.21. The van der Waals surface area contributed by atoms with Gasteiger partial charge >= 0.3 is 0 Å². The van der Waals surface area contributed by atoms with Gasteiger partial charge in [0.25, 0.3) is 0 Å². The van der Waals surface area contributed by atoms with Crippen LogP contribution in [0, 0.1) is 6.92 Å². The summed E-state index contributed by atoms with van der Waals surface area (Å²) in [6.45, 7) is 2.07. The van der Waals surface area contributed by atoms with Crippen molar-refractivity contribution in [1.82, 2.24) is 24.7 Å². The Morgan fingerprint density at radius 2 is 1.94 bits per heavy atom. The van der Waals surface area contributed by atoms with E-state index in [0.717, 1.165) is 33.4 Å². The lowest BCUT2D eigenvalue weighted by molar-refractivity contribution is -0.113. The van der Waals surface area contributed by atoms with Crippen LogP contribution >= 0.6 is 23.1 Å². The maximum absolute atomic E-state index is 12.4. The number of nitrogens with zero attached hydrogens (tertiary/aromatic N) is 5. The van der Waals surface area contributed by atoms with E-state index in [2.05, 4.69) is 56.7 Å². The number of para-hydroxylation sites is 1. The number of carbonyl (C=O) groups is 1. The number of anilines is 1. The standard InChI is InChI=1S/C23H20N6OS2/c1-14-7-9-15(10-8-14)11-16-12-24-22(32-16)25-19(30)13-31-23-26-21-20(27-28-23)17-5-3-4-6-18(17)29(21)2/h3-10,12H,11,13H2,1-2H3,(H,24,25,30). The van der Waals surface area contributed by atoms with Crippen LogP contribution in [-0.4, -0.2) is 36.4 Å². The molecule has 0 bridgehead atoms. The highest BCUT2D eigenvalue weighted by Crippen LogP contribution is 2.26. The van der Waals surface area contributed by atoms with E-state index in [1.165, 1.54) is 34.2 Å². The van der Waals surface area contributed by atoms with Crippen LogP contribution in [0.25, 0.3) is 22.1 Å². The molecule has 1 amide bonds. The first kappa shape index (κ1) is 20.6. The molecular weight excluding hydrogens is 440 g/mol. The second kappa shape index (κ2) is 8.68. The number of aromatic nitrogens is 5. The summed E-state index contributed by atoms with van der Waals surface area (Å²) in [7, 11) is 1.96. The topological polar surface area (TPSA) is 85.6 Å². The van der Waals surface area contributed by atoms with Gasteiger partial charge in [0, 0.05) is 29.9 Å². The predicted octanol–water partition coefficient (Wildman–Crippen LogP) is 4.60. The Morgan fingerprint density at radius 3 is 2.78 bits per heavy atom. The molecule has 160 valence electrons. The summed E-state index contributed by atoms with van der Waals surface area (Å²) < 4.78 is 1.99. The minimum Gasteiger partial charge on any atom is -0.327 e. The molecule has 1 N–H and O–H groups in total. The molecule has 9 heteroatoms. The molecule has 5 rings (SSSR count). The fourth-order valence-corrected chi connectivity index (χ4v) is 4.94. The van der Waals surface area contributed by atoms with Crippen LogP contribution in [0.4, 0.5) is 5.13 Å². The number of hydrogen-bond donors (Lipinski definition) is 1. The van der Waals surface area contributed by atoms with Gasteiger partial charge < -0.3 is 9.88 Å². The van der Waals surface area contributed by atoms with Crippen molar-refractivity contribution in [2.24, 2.45) is 7.05 Å². The Bertz CT molecular complexity index is 1420. The first-order valence-corrected chi connectivity index (χ1v) is 11.9. The average Bonchev–Trinajstić information content (AvgIpc) is 3.36. The molecule has 0 saturated carbocycles. The second-order valence-corrected chi connectivity index (χ2v) is 9.53. The van der Waals surface area contributed by atoms with Crippen LogP contribution < -0.4 is 5.32 Å². The fraction of sp³-hybridized carbons (Fsp3) is 0.174. The monoisotopic (exact) mass is 460 g/mol. The van der Waals surface area contributed by atoms with Crippen LogP contribution in [0.15, 0.2) is 59.9 Å². The highest BCUT2D eigenvalue weighted by molar-refractivity contribution is 7.99. The number of hydrogen-bond acceptors (Lipinski definition) is 7. The Morgan fingerprint density at radius 1 is 1.12 bits per heavy atom. The van der Waals surface area contributed by atoms with Gasteiger partial charge in [0.15, 0.2) is 10.8 Å². The summed E-state index contributed by atoms with van der Waals surface area (Å²) in [5, 5.41) is 13.5. The SMILES string of the molecule is Cc1ccc(Cc2cnc(NC(=O)CSc3nnc4c5ccccc5n(C)c4n3)s2)cc1. The molecule has 5 aromatic rings.